The number of hydrogen-bond acceptors (Lipinski definition) is 5. The summed E-state index contributed by atoms with van der Waals surface area (Å²) in [4.78, 5) is 18.9. The number of rotatable bonds is 6. The maximum atomic E-state index is 13.7. The normalized spacial score (nSPS) is 16.2. The van der Waals surface area contributed by atoms with Crippen molar-refractivity contribution in [1.29, 1.82) is 0 Å². The molecule has 1 unspecified atom stereocenters. The summed E-state index contributed by atoms with van der Waals surface area (Å²) in [6.45, 7) is 3.25. The van der Waals surface area contributed by atoms with E-state index in [1.54, 1.807) is 23.1 Å². The predicted molar refractivity (Wildman–Crippen MR) is 113 cm³/mol. The van der Waals surface area contributed by atoms with E-state index < -0.39 is 5.82 Å². The van der Waals surface area contributed by atoms with Crippen molar-refractivity contribution < 1.29 is 18.4 Å². The quantitative estimate of drug-likeness (QED) is 0.617. The number of nitrogens with zero attached hydrogens (tertiary/aromatic N) is 3. The lowest BCUT2D eigenvalue weighted by atomic mass is 9.97. The fraction of sp³-hybridized carbons (Fsp3) is 0.348. The second-order valence-electron chi connectivity index (χ2n) is 7.53. The summed E-state index contributed by atoms with van der Waals surface area (Å²) in [6.07, 6.45) is 2.63. The number of amides is 2. The van der Waals surface area contributed by atoms with E-state index in [4.69, 9.17) is 9.26 Å². The monoisotopic (exact) mass is 424 g/mol. The maximum Gasteiger partial charge on any atom is 0.321 e. The summed E-state index contributed by atoms with van der Waals surface area (Å²) in [6, 6.07) is 13.9. The number of hydrogen-bond donors (Lipinski definition) is 1. The van der Waals surface area contributed by atoms with Crippen molar-refractivity contribution in [2.24, 2.45) is 0 Å². The van der Waals surface area contributed by atoms with E-state index in [2.05, 4.69) is 22.4 Å². The molecule has 1 fully saturated rings. The molecule has 2 heterocycles. The molecule has 1 saturated heterocycles. The van der Waals surface area contributed by atoms with Crippen LogP contribution in [0.3, 0.4) is 0 Å². The minimum absolute atomic E-state index is 0.0153. The number of halogens is 1. The minimum Gasteiger partial charge on any atom is -0.481 e. The molecule has 2 amide bonds. The molecule has 7 nitrogen and oxygen atoms in total. The summed E-state index contributed by atoms with van der Waals surface area (Å²) >= 11 is 0. The molecular formula is C23H25FN4O3. The SMILES string of the molecule is CCc1cccc(NC(=O)N2CCCC(c3noc(COc4ccccc4F)n3)C2)c1. The van der Waals surface area contributed by atoms with Crippen LogP contribution < -0.4 is 10.1 Å². The van der Waals surface area contributed by atoms with Gasteiger partial charge in [0.1, 0.15) is 0 Å². The molecule has 1 atom stereocenters. The Morgan fingerprint density at radius 2 is 2.16 bits per heavy atom. The lowest BCUT2D eigenvalue weighted by Crippen LogP contribution is -2.41. The van der Waals surface area contributed by atoms with Gasteiger partial charge in [-0.05, 0) is 49.1 Å². The molecule has 0 spiro atoms. The van der Waals surface area contributed by atoms with Gasteiger partial charge in [-0.25, -0.2) is 9.18 Å². The average molecular weight is 424 g/mol. The fourth-order valence-electron chi connectivity index (χ4n) is 3.64. The number of para-hydroxylation sites is 1. The zero-order chi connectivity index (χ0) is 21.6. The van der Waals surface area contributed by atoms with Crippen molar-refractivity contribution in [1.82, 2.24) is 15.0 Å². The number of carbonyl (C=O) groups is 1. The van der Waals surface area contributed by atoms with E-state index in [-0.39, 0.29) is 30.2 Å². The topological polar surface area (TPSA) is 80.5 Å². The van der Waals surface area contributed by atoms with Gasteiger partial charge < -0.3 is 19.5 Å². The van der Waals surface area contributed by atoms with Crippen LogP contribution in [0, 0.1) is 5.82 Å². The third kappa shape index (κ3) is 5.20. The smallest absolute Gasteiger partial charge is 0.321 e. The summed E-state index contributed by atoms with van der Waals surface area (Å²) in [5.74, 6) is 0.483. The lowest BCUT2D eigenvalue weighted by molar-refractivity contribution is 0.190. The molecule has 2 aromatic carbocycles. The van der Waals surface area contributed by atoms with Gasteiger partial charge in [0.25, 0.3) is 5.89 Å². The molecule has 4 rings (SSSR count). The van der Waals surface area contributed by atoms with Crippen LogP contribution in [0.25, 0.3) is 0 Å². The van der Waals surface area contributed by atoms with Crippen LogP contribution in [0.1, 0.15) is 43.0 Å². The highest BCUT2D eigenvalue weighted by Gasteiger charge is 2.28. The Balaban J connectivity index is 1.35. The highest BCUT2D eigenvalue weighted by atomic mass is 19.1. The third-order valence-corrected chi connectivity index (χ3v) is 5.33. The first-order chi connectivity index (χ1) is 15.1. The second kappa shape index (κ2) is 9.59. The molecule has 0 saturated carbocycles. The van der Waals surface area contributed by atoms with Gasteiger partial charge in [-0.15, -0.1) is 0 Å². The fourth-order valence-corrected chi connectivity index (χ4v) is 3.64. The molecule has 1 N–H and O–H groups in total. The molecule has 0 radical (unpaired) electrons. The van der Waals surface area contributed by atoms with Gasteiger partial charge in [-0.1, -0.05) is 36.3 Å². The van der Waals surface area contributed by atoms with Crippen LogP contribution in [0.4, 0.5) is 14.9 Å². The van der Waals surface area contributed by atoms with Crippen LogP contribution in [0.2, 0.25) is 0 Å². The van der Waals surface area contributed by atoms with Crippen LogP contribution in [-0.2, 0) is 13.0 Å². The Hall–Kier alpha value is -3.42. The zero-order valence-corrected chi connectivity index (χ0v) is 17.4. The number of anilines is 1. The number of aromatic nitrogens is 2. The number of urea groups is 1. The number of carbonyl (C=O) groups excluding carboxylic acids is 1. The van der Waals surface area contributed by atoms with Gasteiger partial charge in [0.15, 0.2) is 24.0 Å². The predicted octanol–water partition coefficient (Wildman–Crippen LogP) is 4.76. The van der Waals surface area contributed by atoms with Gasteiger partial charge in [-0.3, -0.25) is 0 Å². The van der Waals surface area contributed by atoms with Crippen LogP contribution >= 0.6 is 0 Å². The summed E-state index contributed by atoms with van der Waals surface area (Å²) < 4.78 is 24.4. The lowest BCUT2D eigenvalue weighted by Gasteiger charge is -2.31. The maximum absolute atomic E-state index is 13.7. The molecule has 8 heteroatoms. The number of aryl methyl sites for hydroxylation is 1. The summed E-state index contributed by atoms with van der Waals surface area (Å²) in [5, 5.41) is 7.03. The van der Waals surface area contributed by atoms with E-state index in [0.717, 1.165) is 24.9 Å². The largest absolute Gasteiger partial charge is 0.481 e. The summed E-state index contributed by atoms with van der Waals surface area (Å²) in [5.41, 5.74) is 1.96. The van der Waals surface area contributed by atoms with Crippen molar-refractivity contribution in [3.63, 3.8) is 0 Å². The van der Waals surface area contributed by atoms with Gasteiger partial charge in [0.05, 0.1) is 0 Å². The Labute approximate surface area is 180 Å². The molecular weight excluding hydrogens is 399 g/mol. The number of benzene rings is 2. The molecule has 3 aromatic rings. The van der Waals surface area contributed by atoms with Crippen LogP contribution in [0.5, 0.6) is 5.75 Å². The second-order valence-corrected chi connectivity index (χ2v) is 7.53. The molecule has 162 valence electrons. The molecule has 0 aliphatic carbocycles. The highest BCUT2D eigenvalue weighted by Crippen LogP contribution is 2.26. The number of piperidine rings is 1. The van der Waals surface area contributed by atoms with Gasteiger partial charge >= 0.3 is 6.03 Å². The molecule has 1 aliphatic rings. The minimum atomic E-state index is -0.444. The average Bonchev–Trinajstić information content (AvgIpc) is 3.28. The van der Waals surface area contributed by atoms with Crippen molar-refractivity contribution in [3.8, 4) is 5.75 Å². The highest BCUT2D eigenvalue weighted by molar-refractivity contribution is 5.89. The van der Waals surface area contributed by atoms with E-state index >= 15 is 0 Å². The summed E-state index contributed by atoms with van der Waals surface area (Å²) in [7, 11) is 0. The van der Waals surface area contributed by atoms with Crippen LogP contribution in [-0.4, -0.2) is 34.2 Å². The number of ether oxygens (including phenoxy) is 1. The number of likely N-dealkylation sites (tertiary alicyclic amines) is 1. The van der Waals surface area contributed by atoms with Gasteiger partial charge in [-0.2, -0.15) is 4.98 Å². The van der Waals surface area contributed by atoms with Gasteiger partial charge in [0.2, 0.25) is 0 Å². The standard InChI is InChI=1S/C23H25FN4O3/c1-2-16-7-5-9-18(13-16)25-23(29)28-12-6-8-17(14-28)22-26-21(31-27-22)15-30-20-11-4-3-10-19(20)24/h3-5,7,9-11,13,17H,2,6,8,12,14-15H2,1H3,(H,25,29). The van der Waals surface area contributed by atoms with Crippen molar-refractivity contribution in [2.75, 3.05) is 18.4 Å². The Morgan fingerprint density at radius 3 is 3.00 bits per heavy atom. The van der Waals surface area contributed by atoms with Gasteiger partial charge in [0, 0.05) is 24.7 Å². The third-order valence-electron chi connectivity index (χ3n) is 5.33. The van der Waals surface area contributed by atoms with Crippen molar-refractivity contribution in [2.45, 2.75) is 38.7 Å². The Morgan fingerprint density at radius 1 is 1.29 bits per heavy atom. The van der Waals surface area contributed by atoms with Crippen molar-refractivity contribution in [3.05, 3.63) is 71.6 Å². The van der Waals surface area contributed by atoms with E-state index in [0.29, 0.717) is 18.9 Å². The van der Waals surface area contributed by atoms with E-state index in [1.807, 2.05) is 24.3 Å². The molecule has 1 aromatic heterocycles. The van der Waals surface area contributed by atoms with Crippen LogP contribution in [0.15, 0.2) is 53.1 Å². The molecule has 31 heavy (non-hydrogen) atoms. The number of nitrogens with one attached hydrogen (secondary N) is 1. The van der Waals surface area contributed by atoms with E-state index in [1.165, 1.54) is 11.6 Å². The molecule has 0 bridgehead atoms. The van der Waals surface area contributed by atoms with E-state index in [9.17, 15) is 9.18 Å². The Kier molecular flexibility index (Phi) is 6.45. The molecule has 1 aliphatic heterocycles. The first kappa shape index (κ1) is 20.8. The van der Waals surface area contributed by atoms with Crippen molar-refractivity contribution >= 4 is 11.7 Å². The first-order valence-electron chi connectivity index (χ1n) is 10.5. The first-order valence-corrected chi connectivity index (χ1v) is 10.5. The Bertz CT molecular complexity index is 1040. The zero-order valence-electron chi connectivity index (χ0n) is 17.4.